The molecule has 0 aliphatic carbocycles. The molecule has 3 N–H and O–H groups in total. The summed E-state index contributed by atoms with van der Waals surface area (Å²) in [6, 6.07) is 5.94. The summed E-state index contributed by atoms with van der Waals surface area (Å²) in [5.41, 5.74) is 8.14. The number of carbonyl (C=O) groups excluding carboxylic acids is 1. The lowest BCUT2D eigenvalue weighted by Crippen LogP contribution is -2.52. The molecule has 1 aromatic heterocycles. The molecule has 0 radical (unpaired) electrons. The van der Waals surface area contributed by atoms with Gasteiger partial charge in [-0.1, -0.05) is 32.0 Å². The van der Waals surface area contributed by atoms with Crippen LogP contribution in [0, 0.1) is 19.8 Å². The normalized spacial score (nSPS) is 13.7. The van der Waals surface area contributed by atoms with Gasteiger partial charge in [-0.15, -0.1) is 12.4 Å². The van der Waals surface area contributed by atoms with Crippen molar-refractivity contribution in [3.8, 4) is 0 Å². The van der Waals surface area contributed by atoms with Gasteiger partial charge in [0, 0.05) is 17.5 Å². The molecule has 4 nitrogen and oxygen atoms in total. The predicted octanol–water partition coefficient (Wildman–Crippen LogP) is 3.96. The first-order chi connectivity index (χ1) is 10.3. The highest BCUT2D eigenvalue weighted by atomic mass is 35.5. The second-order valence-electron chi connectivity index (χ2n) is 6.82. The van der Waals surface area contributed by atoms with E-state index in [4.69, 9.17) is 10.2 Å². The quantitative estimate of drug-likeness (QED) is 0.866. The highest BCUT2D eigenvalue weighted by molar-refractivity contribution is 5.99. The molecule has 1 aromatic carbocycles. The maximum absolute atomic E-state index is 12.6. The van der Waals surface area contributed by atoms with Gasteiger partial charge in [-0.2, -0.15) is 0 Å². The Morgan fingerprint density at radius 3 is 2.52 bits per heavy atom. The van der Waals surface area contributed by atoms with Crippen molar-refractivity contribution in [2.75, 3.05) is 6.54 Å². The standard InChI is InChI=1S/C18H26N2O2.ClH/c1-11(2)9-18(5,10-19)20-17(21)16-13(4)14-8-6-7-12(3)15(14)22-16;/h6-8,11H,9-10,19H2,1-5H3,(H,20,21);1H. The summed E-state index contributed by atoms with van der Waals surface area (Å²) in [6.45, 7) is 10.5. The molecule has 1 heterocycles. The molecule has 5 heteroatoms. The van der Waals surface area contributed by atoms with Gasteiger partial charge < -0.3 is 15.5 Å². The number of hydrogen-bond donors (Lipinski definition) is 2. The lowest BCUT2D eigenvalue weighted by Gasteiger charge is -2.30. The number of halogens is 1. The topological polar surface area (TPSA) is 68.3 Å². The Kier molecular flexibility index (Phi) is 6.25. The van der Waals surface area contributed by atoms with Crippen molar-refractivity contribution in [3.05, 3.63) is 35.1 Å². The number of hydrogen-bond acceptors (Lipinski definition) is 3. The third kappa shape index (κ3) is 4.06. The monoisotopic (exact) mass is 338 g/mol. The van der Waals surface area contributed by atoms with Gasteiger partial charge in [0.05, 0.1) is 5.54 Å². The van der Waals surface area contributed by atoms with Crippen LogP contribution in [0.5, 0.6) is 0 Å². The average Bonchev–Trinajstić information content (AvgIpc) is 2.77. The molecular formula is C18H27ClN2O2. The molecule has 2 rings (SSSR count). The van der Waals surface area contributed by atoms with Gasteiger partial charge in [-0.25, -0.2) is 0 Å². The molecule has 0 saturated heterocycles. The van der Waals surface area contributed by atoms with Gasteiger partial charge in [0.1, 0.15) is 5.58 Å². The molecule has 0 aliphatic heterocycles. The first-order valence-corrected chi connectivity index (χ1v) is 7.78. The highest BCUT2D eigenvalue weighted by Gasteiger charge is 2.29. The molecule has 0 spiro atoms. The Labute approximate surface area is 144 Å². The predicted molar refractivity (Wildman–Crippen MR) is 97.3 cm³/mol. The molecule has 1 atom stereocenters. The average molecular weight is 339 g/mol. The van der Waals surface area contributed by atoms with E-state index in [2.05, 4.69) is 19.2 Å². The fourth-order valence-electron chi connectivity index (χ4n) is 3.02. The van der Waals surface area contributed by atoms with Gasteiger partial charge in [0.2, 0.25) is 0 Å². The van der Waals surface area contributed by atoms with E-state index in [0.717, 1.165) is 28.5 Å². The summed E-state index contributed by atoms with van der Waals surface area (Å²) >= 11 is 0. The highest BCUT2D eigenvalue weighted by Crippen LogP contribution is 2.28. The number of furan rings is 1. The zero-order chi connectivity index (χ0) is 16.5. The molecule has 0 saturated carbocycles. The number of nitrogens with one attached hydrogen (secondary N) is 1. The van der Waals surface area contributed by atoms with Gasteiger partial charge in [-0.3, -0.25) is 4.79 Å². The number of rotatable bonds is 5. The van der Waals surface area contributed by atoms with E-state index in [1.54, 1.807) is 0 Å². The fraction of sp³-hybridized carbons (Fsp3) is 0.500. The fourth-order valence-corrected chi connectivity index (χ4v) is 3.02. The molecular weight excluding hydrogens is 312 g/mol. The van der Waals surface area contributed by atoms with Crippen molar-refractivity contribution in [3.63, 3.8) is 0 Å². The number of carbonyl (C=O) groups is 1. The number of para-hydroxylation sites is 1. The SMILES string of the molecule is Cc1c(C(=O)NC(C)(CN)CC(C)C)oc2c(C)cccc12.Cl. The van der Waals surface area contributed by atoms with Gasteiger partial charge in [-0.05, 0) is 38.7 Å². The van der Waals surface area contributed by atoms with Crippen LogP contribution in [0.2, 0.25) is 0 Å². The van der Waals surface area contributed by atoms with Crippen LogP contribution in [0.3, 0.4) is 0 Å². The Bertz CT molecular complexity index is 694. The molecule has 2 aromatic rings. The van der Waals surface area contributed by atoms with Crippen molar-refractivity contribution in [2.45, 2.75) is 46.6 Å². The van der Waals surface area contributed by atoms with Crippen molar-refractivity contribution in [1.82, 2.24) is 5.32 Å². The zero-order valence-electron chi connectivity index (χ0n) is 14.5. The Morgan fingerprint density at radius 1 is 1.35 bits per heavy atom. The molecule has 1 unspecified atom stereocenters. The summed E-state index contributed by atoms with van der Waals surface area (Å²) < 4.78 is 5.83. The Morgan fingerprint density at radius 2 is 2.00 bits per heavy atom. The third-order valence-corrected chi connectivity index (χ3v) is 4.09. The summed E-state index contributed by atoms with van der Waals surface area (Å²) in [4.78, 5) is 12.6. The molecule has 1 amide bonds. The number of benzene rings is 1. The van der Waals surface area contributed by atoms with Crippen LogP contribution < -0.4 is 11.1 Å². The van der Waals surface area contributed by atoms with Crippen molar-refractivity contribution in [2.24, 2.45) is 11.7 Å². The van der Waals surface area contributed by atoms with Crippen LogP contribution in [-0.4, -0.2) is 18.0 Å². The smallest absolute Gasteiger partial charge is 0.287 e. The van der Waals surface area contributed by atoms with Crippen LogP contribution in [0.4, 0.5) is 0 Å². The minimum atomic E-state index is -0.425. The zero-order valence-corrected chi connectivity index (χ0v) is 15.3. The van der Waals surface area contributed by atoms with Crippen molar-refractivity contribution < 1.29 is 9.21 Å². The van der Waals surface area contributed by atoms with E-state index in [9.17, 15) is 4.79 Å². The van der Waals surface area contributed by atoms with Crippen molar-refractivity contribution in [1.29, 1.82) is 0 Å². The Balaban J connectivity index is 0.00000264. The van der Waals surface area contributed by atoms with E-state index in [1.807, 2.05) is 39.0 Å². The maximum atomic E-state index is 12.6. The summed E-state index contributed by atoms with van der Waals surface area (Å²) in [6.07, 6.45) is 0.827. The van der Waals surface area contributed by atoms with Gasteiger partial charge >= 0.3 is 0 Å². The summed E-state index contributed by atoms with van der Waals surface area (Å²) in [5.74, 6) is 0.641. The van der Waals surface area contributed by atoms with E-state index in [0.29, 0.717) is 18.2 Å². The summed E-state index contributed by atoms with van der Waals surface area (Å²) in [5, 5.41) is 4.04. The minimum absolute atomic E-state index is 0. The molecule has 0 bridgehead atoms. The van der Waals surface area contributed by atoms with Gasteiger partial charge in [0.25, 0.3) is 5.91 Å². The number of nitrogens with two attached hydrogens (primary N) is 1. The lowest BCUT2D eigenvalue weighted by molar-refractivity contribution is 0.0871. The largest absolute Gasteiger partial charge is 0.450 e. The first-order valence-electron chi connectivity index (χ1n) is 7.78. The third-order valence-electron chi connectivity index (χ3n) is 4.09. The first kappa shape index (κ1) is 19.5. The number of fused-ring (bicyclic) bond motifs is 1. The van der Waals surface area contributed by atoms with Crippen LogP contribution in [0.15, 0.2) is 22.6 Å². The second kappa shape index (κ2) is 7.37. The second-order valence-corrected chi connectivity index (χ2v) is 6.82. The van der Waals surface area contributed by atoms with E-state index in [1.165, 1.54) is 0 Å². The van der Waals surface area contributed by atoms with Crippen LogP contribution in [0.25, 0.3) is 11.0 Å². The van der Waals surface area contributed by atoms with Crippen LogP contribution in [-0.2, 0) is 0 Å². The van der Waals surface area contributed by atoms with Crippen LogP contribution >= 0.6 is 12.4 Å². The van der Waals surface area contributed by atoms with Crippen molar-refractivity contribution >= 4 is 29.3 Å². The number of amides is 1. The van der Waals surface area contributed by atoms with E-state index in [-0.39, 0.29) is 18.3 Å². The molecule has 0 aliphatic rings. The Hall–Kier alpha value is -1.52. The lowest BCUT2D eigenvalue weighted by atomic mass is 9.90. The van der Waals surface area contributed by atoms with E-state index >= 15 is 0 Å². The molecule has 23 heavy (non-hydrogen) atoms. The maximum Gasteiger partial charge on any atom is 0.287 e. The summed E-state index contributed by atoms with van der Waals surface area (Å²) in [7, 11) is 0. The number of aryl methyl sites for hydroxylation is 2. The van der Waals surface area contributed by atoms with Crippen LogP contribution in [0.1, 0.15) is 48.9 Å². The molecule has 0 fully saturated rings. The molecule has 128 valence electrons. The van der Waals surface area contributed by atoms with E-state index < -0.39 is 5.54 Å². The van der Waals surface area contributed by atoms with Gasteiger partial charge in [0.15, 0.2) is 5.76 Å². The minimum Gasteiger partial charge on any atom is -0.450 e.